The molecule has 0 saturated heterocycles. The summed E-state index contributed by atoms with van der Waals surface area (Å²) in [6, 6.07) is 1.62. The summed E-state index contributed by atoms with van der Waals surface area (Å²) in [6.45, 7) is 1.03. The molecule has 0 saturated carbocycles. The largest absolute Gasteiger partial charge is 0.481 e. The van der Waals surface area contributed by atoms with Crippen molar-refractivity contribution in [2.75, 3.05) is 46.4 Å². The fraction of sp³-hybridized carbons (Fsp3) is 0.636. The Balaban J connectivity index is 2.80. The van der Waals surface area contributed by atoms with Crippen molar-refractivity contribution in [1.82, 2.24) is 9.97 Å². The van der Waals surface area contributed by atoms with Gasteiger partial charge in [0.05, 0.1) is 32.3 Å². The molecule has 0 aliphatic carbocycles. The van der Waals surface area contributed by atoms with Gasteiger partial charge in [-0.1, -0.05) is 0 Å². The predicted octanol–water partition coefficient (Wildman–Crippen LogP) is 1.18. The first-order valence-corrected chi connectivity index (χ1v) is 5.85. The summed E-state index contributed by atoms with van der Waals surface area (Å²) in [6.07, 6.45) is 0. The van der Waals surface area contributed by atoms with Crippen molar-refractivity contribution < 1.29 is 14.2 Å². The molecule has 1 unspecified atom stereocenters. The first kappa shape index (κ1) is 14.8. The second-order valence-electron chi connectivity index (χ2n) is 3.69. The Kier molecular flexibility index (Phi) is 5.94. The molecule has 0 N–H and O–H groups in total. The van der Waals surface area contributed by atoms with Crippen molar-refractivity contribution in [2.24, 2.45) is 0 Å². The fourth-order valence-electron chi connectivity index (χ4n) is 1.38. The summed E-state index contributed by atoms with van der Waals surface area (Å²) in [5.74, 6) is 1.39. The molecular weight excluding hydrogens is 258 g/mol. The lowest BCUT2D eigenvalue weighted by molar-refractivity contribution is 0.199. The van der Waals surface area contributed by atoms with Crippen LogP contribution >= 0.6 is 11.6 Å². The van der Waals surface area contributed by atoms with Gasteiger partial charge in [-0.05, 0) is 0 Å². The number of hydrogen-bond acceptors (Lipinski definition) is 6. The second-order valence-corrected chi connectivity index (χ2v) is 4.30. The van der Waals surface area contributed by atoms with Crippen LogP contribution in [0.25, 0.3) is 0 Å². The average Bonchev–Trinajstić information content (AvgIpc) is 2.38. The lowest BCUT2D eigenvalue weighted by Gasteiger charge is -2.20. The van der Waals surface area contributed by atoms with Crippen molar-refractivity contribution >= 4 is 17.5 Å². The molecule has 0 fully saturated rings. The molecular formula is C11H18ClN3O3. The predicted molar refractivity (Wildman–Crippen MR) is 69.9 cm³/mol. The van der Waals surface area contributed by atoms with Gasteiger partial charge in [-0.2, -0.15) is 9.97 Å². The molecule has 0 spiro atoms. The van der Waals surface area contributed by atoms with E-state index in [9.17, 15) is 0 Å². The first-order valence-electron chi connectivity index (χ1n) is 5.42. The van der Waals surface area contributed by atoms with Crippen LogP contribution < -0.4 is 14.4 Å². The minimum Gasteiger partial charge on any atom is -0.481 e. The Morgan fingerprint density at radius 3 is 2.22 bits per heavy atom. The van der Waals surface area contributed by atoms with E-state index in [0.717, 1.165) is 0 Å². The molecule has 1 aromatic heterocycles. The minimum absolute atomic E-state index is 0.138. The highest BCUT2D eigenvalue weighted by Crippen LogP contribution is 2.19. The molecule has 0 radical (unpaired) electrons. The van der Waals surface area contributed by atoms with Gasteiger partial charge in [0.1, 0.15) is 0 Å². The SMILES string of the molecule is COCC(Cl)CN(C)c1nc(OC)cc(OC)n1. The van der Waals surface area contributed by atoms with Crippen LogP contribution in [-0.2, 0) is 4.74 Å². The summed E-state index contributed by atoms with van der Waals surface area (Å²) in [7, 11) is 6.54. The highest BCUT2D eigenvalue weighted by Gasteiger charge is 2.13. The van der Waals surface area contributed by atoms with Crippen LogP contribution in [0.2, 0.25) is 0 Å². The molecule has 1 heterocycles. The van der Waals surface area contributed by atoms with E-state index in [1.807, 2.05) is 11.9 Å². The third-order valence-corrected chi connectivity index (χ3v) is 2.51. The van der Waals surface area contributed by atoms with E-state index in [2.05, 4.69) is 9.97 Å². The van der Waals surface area contributed by atoms with Gasteiger partial charge in [0, 0.05) is 20.7 Å². The van der Waals surface area contributed by atoms with E-state index in [0.29, 0.717) is 30.9 Å². The Morgan fingerprint density at radius 1 is 1.22 bits per heavy atom. The zero-order chi connectivity index (χ0) is 13.5. The van der Waals surface area contributed by atoms with Gasteiger partial charge in [0.25, 0.3) is 0 Å². The van der Waals surface area contributed by atoms with E-state index < -0.39 is 0 Å². The third kappa shape index (κ3) is 4.19. The smallest absolute Gasteiger partial charge is 0.231 e. The van der Waals surface area contributed by atoms with Gasteiger partial charge in [-0.3, -0.25) is 0 Å². The van der Waals surface area contributed by atoms with E-state index >= 15 is 0 Å². The zero-order valence-corrected chi connectivity index (χ0v) is 11.8. The maximum Gasteiger partial charge on any atom is 0.231 e. The third-order valence-electron chi connectivity index (χ3n) is 2.25. The van der Waals surface area contributed by atoms with E-state index in [4.69, 9.17) is 25.8 Å². The number of aromatic nitrogens is 2. The van der Waals surface area contributed by atoms with Gasteiger partial charge in [0.15, 0.2) is 0 Å². The number of ether oxygens (including phenoxy) is 3. The molecule has 1 rings (SSSR count). The van der Waals surface area contributed by atoms with Gasteiger partial charge in [0.2, 0.25) is 17.7 Å². The highest BCUT2D eigenvalue weighted by molar-refractivity contribution is 6.21. The fourth-order valence-corrected chi connectivity index (χ4v) is 1.72. The number of halogens is 1. The molecule has 1 atom stereocenters. The van der Waals surface area contributed by atoms with Crippen LogP contribution in [0.3, 0.4) is 0 Å². The quantitative estimate of drug-likeness (QED) is 0.697. The molecule has 102 valence electrons. The summed E-state index contributed by atoms with van der Waals surface area (Å²) in [5.41, 5.74) is 0. The van der Waals surface area contributed by atoms with Crippen LogP contribution in [-0.4, -0.2) is 56.9 Å². The lowest BCUT2D eigenvalue weighted by Crippen LogP contribution is -2.29. The Labute approximate surface area is 112 Å². The minimum atomic E-state index is -0.138. The Morgan fingerprint density at radius 2 is 1.78 bits per heavy atom. The zero-order valence-electron chi connectivity index (χ0n) is 11.0. The van der Waals surface area contributed by atoms with Crippen molar-refractivity contribution in [1.29, 1.82) is 0 Å². The van der Waals surface area contributed by atoms with Crippen molar-refractivity contribution in [3.63, 3.8) is 0 Å². The van der Waals surface area contributed by atoms with Gasteiger partial charge in [-0.25, -0.2) is 0 Å². The Bertz CT molecular complexity index is 356. The van der Waals surface area contributed by atoms with E-state index in [1.54, 1.807) is 27.4 Å². The molecule has 18 heavy (non-hydrogen) atoms. The van der Waals surface area contributed by atoms with Gasteiger partial charge >= 0.3 is 0 Å². The summed E-state index contributed by atoms with van der Waals surface area (Å²) in [5, 5.41) is -0.138. The number of hydrogen-bond donors (Lipinski definition) is 0. The summed E-state index contributed by atoms with van der Waals surface area (Å²) >= 11 is 6.09. The molecule has 0 aliphatic rings. The number of anilines is 1. The van der Waals surface area contributed by atoms with Crippen LogP contribution in [0.15, 0.2) is 6.07 Å². The first-order chi connectivity index (χ1) is 8.60. The maximum atomic E-state index is 6.09. The molecule has 0 aliphatic heterocycles. The number of rotatable bonds is 7. The highest BCUT2D eigenvalue weighted by atomic mass is 35.5. The average molecular weight is 276 g/mol. The number of nitrogens with zero attached hydrogens (tertiary/aromatic N) is 3. The number of methoxy groups -OCH3 is 3. The number of alkyl halides is 1. The molecule has 6 nitrogen and oxygen atoms in total. The van der Waals surface area contributed by atoms with E-state index in [-0.39, 0.29) is 5.38 Å². The van der Waals surface area contributed by atoms with E-state index in [1.165, 1.54) is 0 Å². The van der Waals surface area contributed by atoms with Gasteiger partial charge in [-0.15, -0.1) is 11.6 Å². The normalized spacial score (nSPS) is 12.1. The van der Waals surface area contributed by atoms with Crippen LogP contribution in [0, 0.1) is 0 Å². The standard InChI is InChI=1S/C11H18ClN3O3/c1-15(6-8(12)7-16-2)11-13-9(17-3)5-10(14-11)18-4/h5,8H,6-7H2,1-4H3. The molecule has 7 heteroatoms. The van der Waals surface area contributed by atoms with Crippen LogP contribution in [0.5, 0.6) is 11.8 Å². The topological polar surface area (TPSA) is 56.7 Å². The van der Waals surface area contributed by atoms with Crippen molar-refractivity contribution in [3.05, 3.63) is 6.07 Å². The van der Waals surface area contributed by atoms with Crippen LogP contribution in [0.1, 0.15) is 0 Å². The maximum absolute atomic E-state index is 6.09. The van der Waals surface area contributed by atoms with Crippen molar-refractivity contribution in [3.8, 4) is 11.8 Å². The monoisotopic (exact) mass is 275 g/mol. The van der Waals surface area contributed by atoms with Crippen molar-refractivity contribution in [2.45, 2.75) is 5.38 Å². The molecule has 0 amide bonds. The molecule has 0 aromatic carbocycles. The molecule has 1 aromatic rings. The van der Waals surface area contributed by atoms with Crippen LogP contribution in [0.4, 0.5) is 5.95 Å². The van der Waals surface area contributed by atoms with Gasteiger partial charge < -0.3 is 19.1 Å². The lowest BCUT2D eigenvalue weighted by atomic mass is 10.4. The summed E-state index contributed by atoms with van der Waals surface area (Å²) < 4.78 is 15.2. The molecule has 0 bridgehead atoms. The summed E-state index contributed by atoms with van der Waals surface area (Å²) in [4.78, 5) is 10.3. The second kappa shape index (κ2) is 7.23. The Hall–Kier alpha value is -1.27.